The van der Waals surface area contributed by atoms with Gasteiger partial charge >= 0.3 is 6.03 Å². The molecule has 3 heterocycles. The first kappa shape index (κ1) is 21.2. The molecule has 0 spiro atoms. The third-order valence-corrected chi connectivity index (χ3v) is 5.86. The monoisotopic (exact) mass is 438 g/mol. The zero-order chi connectivity index (χ0) is 21.6. The van der Waals surface area contributed by atoms with Crippen molar-refractivity contribution in [3.63, 3.8) is 0 Å². The van der Waals surface area contributed by atoms with E-state index in [1.54, 1.807) is 18.0 Å². The zero-order valence-corrected chi connectivity index (χ0v) is 18.6. The van der Waals surface area contributed by atoms with E-state index in [0.717, 1.165) is 34.8 Å². The van der Waals surface area contributed by atoms with Crippen LogP contribution >= 0.6 is 11.8 Å². The van der Waals surface area contributed by atoms with Gasteiger partial charge in [-0.3, -0.25) is 0 Å². The molecule has 0 atom stereocenters. The lowest BCUT2D eigenvalue weighted by molar-refractivity contribution is 0.208. The van der Waals surface area contributed by atoms with E-state index in [9.17, 15) is 4.79 Å². The minimum Gasteiger partial charge on any atom is -0.421 e. The lowest BCUT2D eigenvalue weighted by atomic mass is 10.2. The van der Waals surface area contributed by atoms with Gasteiger partial charge in [0.25, 0.3) is 5.89 Å². The number of anilines is 2. The van der Waals surface area contributed by atoms with Gasteiger partial charge in [-0.2, -0.15) is 0 Å². The van der Waals surface area contributed by atoms with E-state index in [0.29, 0.717) is 38.0 Å². The van der Waals surface area contributed by atoms with Gasteiger partial charge in [0.15, 0.2) is 0 Å². The number of benzene rings is 1. The summed E-state index contributed by atoms with van der Waals surface area (Å²) in [4.78, 5) is 22.4. The van der Waals surface area contributed by atoms with E-state index in [4.69, 9.17) is 4.42 Å². The van der Waals surface area contributed by atoms with Gasteiger partial charge in [-0.15, -0.1) is 22.0 Å². The molecule has 8 nitrogen and oxygen atoms in total. The smallest absolute Gasteiger partial charge is 0.321 e. The van der Waals surface area contributed by atoms with Gasteiger partial charge < -0.3 is 19.5 Å². The third-order valence-electron chi connectivity index (χ3n) is 5.14. The Morgan fingerprint density at radius 3 is 2.77 bits per heavy atom. The maximum Gasteiger partial charge on any atom is 0.321 e. The molecule has 1 aliphatic heterocycles. The van der Waals surface area contributed by atoms with E-state index >= 15 is 0 Å². The molecule has 0 radical (unpaired) electrons. The van der Waals surface area contributed by atoms with Gasteiger partial charge in [-0.05, 0) is 43.0 Å². The summed E-state index contributed by atoms with van der Waals surface area (Å²) in [7, 11) is 0. The van der Waals surface area contributed by atoms with Crippen molar-refractivity contribution >= 4 is 29.3 Å². The summed E-state index contributed by atoms with van der Waals surface area (Å²) in [6, 6.07) is 11.6. The SMILES string of the molecule is CCCc1nnc(-c2cccnc2N2CCN(C(=O)Nc3cccc(SC)c3)CC2)o1. The van der Waals surface area contributed by atoms with Gasteiger partial charge in [-0.1, -0.05) is 13.0 Å². The first-order chi connectivity index (χ1) is 15.2. The molecular formula is C22H26N6O2S. The first-order valence-electron chi connectivity index (χ1n) is 10.4. The summed E-state index contributed by atoms with van der Waals surface area (Å²) in [5.74, 6) is 1.93. The van der Waals surface area contributed by atoms with Crippen molar-refractivity contribution in [3.8, 4) is 11.5 Å². The largest absolute Gasteiger partial charge is 0.421 e. The molecule has 31 heavy (non-hydrogen) atoms. The summed E-state index contributed by atoms with van der Waals surface area (Å²) in [5.41, 5.74) is 1.63. The molecule has 162 valence electrons. The van der Waals surface area contributed by atoms with Crippen molar-refractivity contribution in [2.75, 3.05) is 42.7 Å². The van der Waals surface area contributed by atoms with E-state index in [-0.39, 0.29) is 6.03 Å². The maximum atomic E-state index is 12.7. The van der Waals surface area contributed by atoms with E-state index in [1.807, 2.05) is 47.6 Å². The summed E-state index contributed by atoms with van der Waals surface area (Å²) < 4.78 is 5.82. The van der Waals surface area contributed by atoms with Crippen LogP contribution in [0.15, 0.2) is 51.9 Å². The molecule has 1 aromatic carbocycles. The van der Waals surface area contributed by atoms with Gasteiger partial charge in [0.1, 0.15) is 5.82 Å². The highest BCUT2D eigenvalue weighted by atomic mass is 32.2. The van der Waals surface area contributed by atoms with E-state index in [2.05, 4.69) is 32.3 Å². The van der Waals surface area contributed by atoms with Gasteiger partial charge in [0.2, 0.25) is 5.89 Å². The lowest BCUT2D eigenvalue weighted by Gasteiger charge is -2.35. The lowest BCUT2D eigenvalue weighted by Crippen LogP contribution is -2.50. The standard InChI is InChI=1S/C22H26N6O2S/c1-3-6-19-25-26-21(30-19)18-9-5-10-23-20(18)27-11-13-28(14-12-27)22(29)24-16-7-4-8-17(15-16)31-2/h4-5,7-10,15H,3,6,11-14H2,1-2H3,(H,24,29). The van der Waals surface area contributed by atoms with Crippen LogP contribution in [0.1, 0.15) is 19.2 Å². The Hall–Kier alpha value is -3.07. The molecule has 4 rings (SSSR count). The number of amides is 2. The molecule has 1 saturated heterocycles. The number of nitrogens with one attached hydrogen (secondary N) is 1. The first-order valence-corrected chi connectivity index (χ1v) is 11.6. The Kier molecular flexibility index (Phi) is 6.71. The average molecular weight is 439 g/mol. The molecule has 2 amide bonds. The highest BCUT2D eigenvalue weighted by Gasteiger charge is 2.25. The van der Waals surface area contributed by atoms with E-state index < -0.39 is 0 Å². The molecule has 1 fully saturated rings. The second-order valence-electron chi connectivity index (χ2n) is 7.26. The van der Waals surface area contributed by atoms with Gasteiger partial charge in [0.05, 0.1) is 5.56 Å². The van der Waals surface area contributed by atoms with Crippen LogP contribution in [0.5, 0.6) is 0 Å². The molecule has 9 heteroatoms. The number of rotatable bonds is 6. The summed E-state index contributed by atoms with van der Waals surface area (Å²) in [5, 5.41) is 11.3. The predicted octanol–water partition coefficient (Wildman–Crippen LogP) is 4.16. The quantitative estimate of drug-likeness (QED) is 0.578. The molecule has 0 bridgehead atoms. The van der Waals surface area contributed by atoms with Gasteiger partial charge in [0, 0.05) is 49.4 Å². The van der Waals surface area contributed by atoms with Gasteiger partial charge in [-0.25, -0.2) is 9.78 Å². The summed E-state index contributed by atoms with van der Waals surface area (Å²) >= 11 is 1.65. The number of thioether (sulfide) groups is 1. The van der Waals surface area contributed by atoms with Crippen molar-refractivity contribution in [2.45, 2.75) is 24.7 Å². The summed E-state index contributed by atoms with van der Waals surface area (Å²) in [6.45, 7) is 4.65. The van der Waals surface area contributed by atoms with Crippen molar-refractivity contribution in [1.29, 1.82) is 0 Å². The summed E-state index contributed by atoms with van der Waals surface area (Å²) in [6.07, 6.45) is 5.49. The second-order valence-corrected chi connectivity index (χ2v) is 8.14. The number of carbonyl (C=O) groups is 1. The average Bonchev–Trinajstić information content (AvgIpc) is 3.28. The molecule has 1 N–H and O–H groups in total. The van der Waals surface area contributed by atoms with Crippen LogP contribution in [-0.4, -0.2) is 58.5 Å². The highest BCUT2D eigenvalue weighted by molar-refractivity contribution is 7.98. The Labute approximate surface area is 186 Å². The number of pyridine rings is 1. The maximum absolute atomic E-state index is 12.7. The third kappa shape index (κ3) is 4.99. The van der Waals surface area contributed by atoms with Crippen LogP contribution in [0.3, 0.4) is 0 Å². The number of hydrogen-bond donors (Lipinski definition) is 1. The number of nitrogens with zero attached hydrogens (tertiary/aromatic N) is 5. The number of carbonyl (C=O) groups excluding carboxylic acids is 1. The topological polar surface area (TPSA) is 87.4 Å². The number of piperazine rings is 1. The van der Waals surface area contributed by atoms with Crippen LogP contribution in [-0.2, 0) is 6.42 Å². The second kappa shape index (κ2) is 9.82. The van der Waals surface area contributed by atoms with Crippen molar-refractivity contribution in [2.24, 2.45) is 0 Å². The number of urea groups is 1. The fourth-order valence-corrected chi connectivity index (χ4v) is 3.98. The van der Waals surface area contributed by atoms with E-state index in [1.165, 1.54) is 0 Å². The Balaban J connectivity index is 1.41. The predicted molar refractivity (Wildman–Crippen MR) is 123 cm³/mol. The van der Waals surface area contributed by atoms with Crippen LogP contribution in [0.4, 0.5) is 16.3 Å². The van der Waals surface area contributed by atoms with Crippen molar-refractivity contribution in [3.05, 3.63) is 48.5 Å². The zero-order valence-electron chi connectivity index (χ0n) is 17.7. The molecule has 0 aliphatic carbocycles. The molecule has 2 aromatic heterocycles. The number of hydrogen-bond acceptors (Lipinski definition) is 7. The molecular weight excluding hydrogens is 412 g/mol. The van der Waals surface area contributed by atoms with Crippen LogP contribution in [0.25, 0.3) is 11.5 Å². The Morgan fingerprint density at radius 1 is 1.16 bits per heavy atom. The van der Waals surface area contributed by atoms with Crippen LogP contribution < -0.4 is 10.2 Å². The normalized spacial score (nSPS) is 14.0. The molecule has 0 unspecified atom stereocenters. The molecule has 1 aliphatic rings. The van der Waals surface area contributed by atoms with Crippen LogP contribution in [0.2, 0.25) is 0 Å². The molecule has 0 saturated carbocycles. The minimum absolute atomic E-state index is 0.0831. The minimum atomic E-state index is -0.0831. The molecule has 3 aromatic rings. The van der Waals surface area contributed by atoms with Crippen LogP contribution in [0, 0.1) is 0 Å². The number of aryl methyl sites for hydroxylation is 1. The Bertz CT molecular complexity index is 1030. The highest BCUT2D eigenvalue weighted by Crippen LogP contribution is 2.29. The van der Waals surface area contributed by atoms with Crippen molar-refractivity contribution in [1.82, 2.24) is 20.1 Å². The fourth-order valence-electron chi connectivity index (χ4n) is 3.52. The fraction of sp³-hybridized carbons (Fsp3) is 0.364. The van der Waals surface area contributed by atoms with Crippen molar-refractivity contribution < 1.29 is 9.21 Å². The number of aromatic nitrogens is 3. The Morgan fingerprint density at radius 2 is 2.00 bits per heavy atom.